The van der Waals surface area contributed by atoms with Crippen LogP contribution in [0.15, 0.2) is 17.1 Å². The number of allylic oxidation sites excluding steroid dienone is 2. The Kier molecular flexibility index (Phi) is 35.1. The number of thioether (sulfide) groups is 1. The molecule has 0 aromatic heterocycles. The van der Waals surface area contributed by atoms with Gasteiger partial charge in [-0.25, -0.2) is 0 Å². The summed E-state index contributed by atoms with van der Waals surface area (Å²) in [6, 6.07) is -12.8. The van der Waals surface area contributed by atoms with Gasteiger partial charge in [0.2, 0.25) is 59.1 Å². The van der Waals surface area contributed by atoms with Gasteiger partial charge in [0.25, 0.3) is 5.91 Å². The third-order valence-electron chi connectivity index (χ3n) is 16.9. The van der Waals surface area contributed by atoms with Crippen molar-refractivity contribution in [3.05, 3.63) is 12.2 Å². The van der Waals surface area contributed by atoms with Crippen LogP contribution >= 0.6 is 11.8 Å². The summed E-state index contributed by atoms with van der Waals surface area (Å²) < 4.78 is 0. The fraction of sp³-hybridized carbons (Fsp3) is 0.785. The molecule has 3 unspecified atom stereocenters. The molecule has 0 radical (unpaired) electrons. The highest BCUT2D eigenvalue weighted by atomic mass is 32.2. The molecule has 1 heterocycles. The molecule has 26 nitrogen and oxygen atoms in total. The number of aliphatic imine (C=N–C) groups is 1. The minimum absolute atomic E-state index is 0.0211. The SMILES string of the molecule is C/C=C/C[C@@H](C)[C@@H](O)C1C(=O)N[C@@H](CC)C(=O)N(C)C(SCCN=C(N)N)C(=O)N(C)[C@@H](CC(C)C)C(=O)N[C@@H](C(C)C)C(=O)N(C)C(CC(C)C)C(=O)N[C@@H](C)C(=O)N[C@H](C)C(=O)N(C)[C@H](CC(C)C)C(=O)N(C)[C@@H](CC(C)C)C(=O)N(C)[C@H](C(C)C)C(=O)N1C. The van der Waals surface area contributed by atoms with Gasteiger partial charge < -0.3 is 72.1 Å². The molecular weight excluding hydrogens is 1200 g/mol. The van der Waals surface area contributed by atoms with Gasteiger partial charge in [0, 0.05) is 55.1 Å². The molecule has 11 amide bonds. The van der Waals surface area contributed by atoms with Crippen molar-refractivity contribution >= 4 is 82.7 Å². The van der Waals surface area contributed by atoms with Crippen molar-refractivity contribution in [3.8, 4) is 0 Å². The zero-order valence-corrected chi connectivity index (χ0v) is 60.7. The molecule has 27 heteroatoms. The molecule has 1 fully saturated rings. The fourth-order valence-corrected chi connectivity index (χ4v) is 12.3. The maximum atomic E-state index is 15.3. The van der Waals surface area contributed by atoms with Crippen molar-refractivity contribution in [1.29, 1.82) is 0 Å². The standard InChI is InChI=1S/C65H118N14O12S/c1-25-27-28-41(15)52(80)51-56(84)71-44(26-2)58(86)79(24)64(92-30-29-68-65(66)67)63(91)74(19)46(32-36(5)6)55(83)72-49(39(11)12)61(89)73(18)45(31-35(3)4)54(82)69-42(16)53(81)70-43(17)57(85)75(20)47(33-37(7)8)59(87)76(21)48(34-38(9)10)60(88)77(22)50(40(13)14)62(90)78(51)23/h25,27,35-52,64,80H,26,28-34H2,1-24H3,(H,69,82)(H,70,81)(H,71,84)(H,72,83)(H4,66,67,68)/b27-25+/t41-,42+,43-,44+,45?,46+,47-,48+,49+,50-,51?,52-,64?/m1/s1. The lowest BCUT2D eigenvalue weighted by Crippen LogP contribution is -2.64. The minimum atomic E-state index is -1.67. The zero-order valence-electron chi connectivity index (χ0n) is 59.9. The topological polar surface area (TPSA) is 343 Å². The number of guanidine groups is 1. The maximum absolute atomic E-state index is 15.3. The van der Waals surface area contributed by atoms with E-state index in [4.69, 9.17) is 11.5 Å². The van der Waals surface area contributed by atoms with Crippen molar-refractivity contribution in [2.45, 2.75) is 228 Å². The van der Waals surface area contributed by atoms with E-state index in [1.54, 1.807) is 60.6 Å². The molecule has 0 aromatic carbocycles. The number of hydrogen-bond acceptors (Lipinski definition) is 14. The van der Waals surface area contributed by atoms with Gasteiger partial charge in [-0.1, -0.05) is 109 Å². The number of carbonyl (C=O) groups is 11. The lowest BCUT2D eigenvalue weighted by Gasteiger charge is -2.41. The Bertz CT molecular complexity index is 2560. The number of likely N-dealkylation sites (N-methyl/N-ethyl adjacent to an activating group) is 7. The van der Waals surface area contributed by atoms with Crippen LogP contribution in [0.2, 0.25) is 0 Å². The molecule has 0 aromatic rings. The van der Waals surface area contributed by atoms with E-state index in [0.717, 1.165) is 21.6 Å². The number of carbonyl (C=O) groups excluding carboxylic acids is 11. The van der Waals surface area contributed by atoms with Crippen molar-refractivity contribution < 1.29 is 57.8 Å². The Balaban J connectivity index is 4.54. The largest absolute Gasteiger partial charge is 0.390 e. The van der Waals surface area contributed by atoms with Crippen LogP contribution in [0.1, 0.15) is 156 Å². The first-order valence-electron chi connectivity index (χ1n) is 32.6. The molecule has 1 aliphatic rings. The Labute approximate surface area is 553 Å². The lowest BCUT2D eigenvalue weighted by atomic mass is 9.91. The maximum Gasteiger partial charge on any atom is 0.256 e. The molecule has 0 spiro atoms. The summed E-state index contributed by atoms with van der Waals surface area (Å²) in [5, 5.41) is 21.9. The average molecular weight is 1320 g/mol. The number of rotatable bonds is 19. The van der Waals surface area contributed by atoms with Gasteiger partial charge in [-0.3, -0.25) is 57.7 Å². The van der Waals surface area contributed by atoms with Crippen LogP contribution in [0.25, 0.3) is 0 Å². The third kappa shape index (κ3) is 23.8. The third-order valence-corrected chi connectivity index (χ3v) is 18.1. The van der Waals surface area contributed by atoms with Crippen molar-refractivity contribution in [2.24, 2.45) is 57.9 Å². The van der Waals surface area contributed by atoms with E-state index in [2.05, 4.69) is 26.3 Å². The van der Waals surface area contributed by atoms with E-state index in [-0.39, 0.29) is 80.5 Å². The lowest BCUT2D eigenvalue weighted by molar-refractivity contribution is -0.157. The van der Waals surface area contributed by atoms with Gasteiger partial charge in [0.1, 0.15) is 60.4 Å². The summed E-state index contributed by atoms with van der Waals surface area (Å²) in [5.74, 6) is -10.4. The summed E-state index contributed by atoms with van der Waals surface area (Å²) >= 11 is 0.992. The number of nitrogens with one attached hydrogen (secondary N) is 4. The normalized spacial score (nSPS) is 26.5. The summed E-state index contributed by atoms with van der Waals surface area (Å²) in [5.41, 5.74) is 11.3. The fourth-order valence-electron chi connectivity index (χ4n) is 11.2. The Morgan fingerprint density at radius 3 is 1.37 bits per heavy atom. The first kappa shape index (κ1) is 83.5. The second-order valence-corrected chi connectivity index (χ2v) is 28.5. The Morgan fingerprint density at radius 1 is 0.500 bits per heavy atom. The van der Waals surface area contributed by atoms with Gasteiger partial charge >= 0.3 is 0 Å². The summed E-state index contributed by atoms with van der Waals surface area (Å²) in [6.07, 6.45) is 2.76. The van der Waals surface area contributed by atoms with E-state index in [0.29, 0.717) is 0 Å². The molecular formula is C65H118N14O12S. The smallest absolute Gasteiger partial charge is 0.256 e. The number of amides is 11. The number of aliphatic hydroxyl groups excluding tert-OH is 1. The van der Waals surface area contributed by atoms with Gasteiger partial charge in [-0.05, 0) is 101 Å². The molecule has 0 bridgehead atoms. The summed E-state index contributed by atoms with van der Waals surface area (Å²) in [6.45, 7) is 29.7. The van der Waals surface area contributed by atoms with Crippen LogP contribution in [0, 0.1) is 41.4 Å². The molecule has 0 saturated carbocycles. The van der Waals surface area contributed by atoms with Crippen molar-refractivity contribution in [2.75, 3.05) is 61.6 Å². The zero-order chi connectivity index (χ0) is 71.3. The predicted molar refractivity (Wildman–Crippen MR) is 361 cm³/mol. The molecule has 1 aliphatic heterocycles. The first-order valence-corrected chi connectivity index (χ1v) is 33.6. The van der Waals surface area contributed by atoms with Gasteiger partial charge in [0.05, 0.1) is 12.6 Å². The molecule has 1 saturated heterocycles. The van der Waals surface area contributed by atoms with E-state index in [1.807, 2.05) is 55.4 Å². The number of nitrogens with two attached hydrogens (primary N) is 2. The van der Waals surface area contributed by atoms with Crippen LogP contribution in [0.5, 0.6) is 0 Å². The second kappa shape index (κ2) is 38.6. The van der Waals surface area contributed by atoms with E-state index in [1.165, 1.54) is 87.7 Å². The summed E-state index contributed by atoms with van der Waals surface area (Å²) in [4.78, 5) is 176. The van der Waals surface area contributed by atoms with E-state index >= 15 is 28.8 Å². The van der Waals surface area contributed by atoms with E-state index < -0.39 is 155 Å². The minimum Gasteiger partial charge on any atom is -0.390 e. The molecule has 526 valence electrons. The van der Waals surface area contributed by atoms with Gasteiger partial charge in [0.15, 0.2) is 11.3 Å². The second-order valence-electron chi connectivity index (χ2n) is 27.3. The van der Waals surface area contributed by atoms with Crippen molar-refractivity contribution in [3.63, 3.8) is 0 Å². The monoisotopic (exact) mass is 1320 g/mol. The molecule has 13 atom stereocenters. The van der Waals surface area contributed by atoms with E-state index in [9.17, 15) is 29.1 Å². The average Bonchev–Trinajstić information content (AvgIpc) is 0.861. The Hall–Kier alpha value is -6.51. The van der Waals surface area contributed by atoms with Crippen LogP contribution in [0.3, 0.4) is 0 Å². The molecule has 0 aliphatic carbocycles. The van der Waals surface area contributed by atoms with Crippen LogP contribution in [-0.4, -0.2) is 244 Å². The Morgan fingerprint density at radius 2 is 0.924 bits per heavy atom. The highest BCUT2D eigenvalue weighted by Gasteiger charge is 2.46. The first-order chi connectivity index (χ1) is 42.5. The van der Waals surface area contributed by atoms with Crippen LogP contribution in [0.4, 0.5) is 0 Å². The number of nitrogens with zero attached hydrogens (tertiary/aromatic N) is 8. The van der Waals surface area contributed by atoms with Crippen LogP contribution < -0.4 is 32.7 Å². The highest BCUT2D eigenvalue weighted by Crippen LogP contribution is 2.27. The molecule has 9 N–H and O–H groups in total. The highest BCUT2D eigenvalue weighted by molar-refractivity contribution is 8.00. The number of aliphatic hydroxyl groups is 1. The molecule has 92 heavy (non-hydrogen) atoms. The summed E-state index contributed by atoms with van der Waals surface area (Å²) in [7, 11) is 9.86. The van der Waals surface area contributed by atoms with Crippen LogP contribution in [-0.2, 0) is 52.7 Å². The van der Waals surface area contributed by atoms with Crippen molar-refractivity contribution in [1.82, 2.24) is 55.6 Å². The number of hydrogen-bond donors (Lipinski definition) is 7. The van der Waals surface area contributed by atoms with Gasteiger partial charge in [-0.15, -0.1) is 11.8 Å². The van der Waals surface area contributed by atoms with Gasteiger partial charge in [-0.2, -0.15) is 0 Å². The quantitative estimate of drug-likeness (QED) is 0.0423. The molecule has 1 rings (SSSR count). The predicted octanol–water partition coefficient (Wildman–Crippen LogP) is 2.60.